The highest BCUT2D eigenvalue weighted by atomic mass is 16.7. The summed E-state index contributed by atoms with van der Waals surface area (Å²) in [6.45, 7) is 6.35. The van der Waals surface area contributed by atoms with Crippen LogP contribution in [-0.2, 0) is 19.2 Å². The third kappa shape index (κ3) is 9.09. The lowest BCUT2D eigenvalue weighted by Crippen LogP contribution is -2.56. The molecule has 1 aromatic rings. The monoisotopic (exact) mass is 502 g/mol. The Bertz CT molecular complexity index is 829. The van der Waals surface area contributed by atoms with Gasteiger partial charge in [0.15, 0.2) is 0 Å². The molecule has 1 heterocycles. The summed E-state index contributed by atoms with van der Waals surface area (Å²) in [5.41, 5.74) is 3.15. The number of rotatable bonds is 12. The van der Waals surface area contributed by atoms with Crippen molar-refractivity contribution in [3.05, 3.63) is 30.3 Å². The van der Waals surface area contributed by atoms with Gasteiger partial charge in [0, 0.05) is 37.7 Å². The quantitative estimate of drug-likeness (QED) is 0.327. The lowest BCUT2D eigenvalue weighted by atomic mass is 9.89. The Morgan fingerprint density at radius 1 is 0.972 bits per heavy atom. The average Bonchev–Trinajstić information content (AvgIpc) is 3.39. The van der Waals surface area contributed by atoms with Crippen LogP contribution in [0.25, 0.3) is 0 Å². The molecule has 0 bridgehead atoms. The summed E-state index contributed by atoms with van der Waals surface area (Å²) >= 11 is 0. The molecule has 0 unspecified atom stereocenters. The van der Waals surface area contributed by atoms with E-state index in [2.05, 4.69) is 24.6 Å². The molecule has 1 atom stereocenters. The molecule has 2 aliphatic rings. The first-order valence-corrected chi connectivity index (χ1v) is 13.4. The maximum Gasteiger partial charge on any atom is 0.340 e. The number of carbonyl (C=O) groups excluding carboxylic acids is 3. The topological polar surface area (TPSA) is 100 Å². The van der Waals surface area contributed by atoms with Crippen molar-refractivity contribution in [2.45, 2.75) is 65.2 Å². The van der Waals surface area contributed by atoms with Gasteiger partial charge in [-0.15, -0.1) is 0 Å². The molecule has 4 amide bonds. The molecule has 0 aromatic heterocycles. The van der Waals surface area contributed by atoms with Gasteiger partial charge in [0.05, 0.1) is 13.2 Å². The molecule has 1 aromatic carbocycles. The fourth-order valence-corrected chi connectivity index (χ4v) is 4.86. The Morgan fingerprint density at radius 2 is 1.67 bits per heavy atom. The van der Waals surface area contributed by atoms with E-state index in [4.69, 9.17) is 9.57 Å². The summed E-state index contributed by atoms with van der Waals surface area (Å²) in [6.07, 6.45) is 6.80. The van der Waals surface area contributed by atoms with Gasteiger partial charge in [-0.1, -0.05) is 57.7 Å². The van der Waals surface area contributed by atoms with Gasteiger partial charge in [0.25, 0.3) is 0 Å². The number of ether oxygens (including phenoxy) is 1. The summed E-state index contributed by atoms with van der Waals surface area (Å²) in [4.78, 5) is 44.7. The van der Waals surface area contributed by atoms with Gasteiger partial charge in [-0.3, -0.25) is 14.4 Å². The summed E-state index contributed by atoms with van der Waals surface area (Å²) in [5.74, 6) is -0.133. The van der Waals surface area contributed by atoms with E-state index < -0.39 is 5.92 Å². The van der Waals surface area contributed by atoms with Crippen molar-refractivity contribution in [2.75, 3.05) is 38.2 Å². The number of para-hydroxylation sites is 1. The average molecular weight is 503 g/mol. The molecule has 1 aliphatic heterocycles. The van der Waals surface area contributed by atoms with E-state index in [0.717, 1.165) is 38.5 Å². The van der Waals surface area contributed by atoms with E-state index >= 15 is 0 Å². The van der Waals surface area contributed by atoms with E-state index in [9.17, 15) is 14.4 Å². The van der Waals surface area contributed by atoms with Gasteiger partial charge in [-0.25, -0.2) is 20.3 Å². The van der Waals surface area contributed by atoms with Crippen LogP contribution in [0.15, 0.2) is 30.3 Å². The molecule has 200 valence electrons. The van der Waals surface area contributed by atoms with Crippen molar-refractivity contribution in [1.82, 2.24) is 15.5 Å². The number of hydrazine groups is 1. The Labute approximate surface area is 214 Å². The van der Waals surface area contributed by atoms with Crippen LogP contribution >= 0.6 is 0 Å². The van der Waals surface area contributed by atoms with Gasteiger partial charge >= 0.3 is 6.03 Å². The Balaban J connectivity index is 1.59. The zero-order chi connectivity index (χ0) is 25.8. The van der Waals surface area contributed by atoms with Crippen molar-refractivity contribution in [2.24, 2.45) is 17.8 Å². The number of urea groups is 1. The summed E-state index contributed by atoms with van der Waals surface area (Å²) in [5, 5.41) is 5.93. The van der Waals surface area contributed by atoms with E-state index in [-0.39, 0.29) is 30.9 Å². The van der Waals surface area contributed by atoms with E-state index in [0.29, 0.717) is 50.2 Å². The number of carbonyl (C=O) groups is 3. The molecule has 1 saturated heterocycles. The normalized spacial score (nSPS) is 17.3. The second kappa shape index (κ2) is 14.8. The standard InChI is InChI=1S/C27H42N4O5/c1-21(2)20-35-16-17-36-29-25(32)19-23(18-22-10-6-7-11-22)26(33)30-14-8-9-15-31(30)27(34)28-24-12-4-3-5-13-24/h3-5,12-13,21-23H,6-11,14-20H2,1-2H3,(H,28,34)(H,29,32)/t23-/m1/s1. The summed E-state index contributed by atoms with van der Waals surface area (Å²) in [7, 11) is 0. The van der Waals surface area contributed by atoms with E-state index in [1.165, 1.54) is 5.01 Å². The highest BCUT2D eigenvalue weighted by Gasteiger charge is 2.35. The van der Waals surface area contributed by atoms with Gasteiger partial charge in [0.1, 0.15) is 0 Å². The first-order chi connectivity index (χ1) is 17.4. The van der Waals surface area contributed by atoms with Crippen molar-refractivity contribution < 1.29 is 24.0 Å². The molecule has 3 rings (SSSR count). The largest absolute Gasteiger partial charge is 0.379 e. The molecule has 0 radical (unpaired) electrons. The first-order valence-electron chi connectivity index (χ1n) is 13.4. The van der Waals surface area contributed by atoms with Crippen molar-refractivity contribution in [3.63, 3.8) is 0 Å². The minimum atomic E-state index is -0.501. The number of anilines is 1. The van der Waals surface area contributed by atoms with E-state index in [1.807, 2.05) is 30.3 Å². The predicted octanol–water partition coefficient (Wildman–Crippen LogP) is 4.36. The minimum absolute atomic E-state index is 0.0346. The van der Waals surface area contributed by atoms with Crippen molar-refractivity contribution in [1.29, 1.82) is 0 Å². The molecule has 1 aliphatic carbocycles. The highest BCUT2D eigenvalue weighted by molar-refractivity contribution is 5.92. The number of hydroxylamine groups is 1. The molecule has 2 fully saturated rings. The predicted molar refractivity (Wildman–Crippen MR) is 138 cm³/mol. The van der Waals surface area contributed by atoms with E-state index in [1.54, 1.807) is 5.01 Å². The lowest BCUT2D eigenvalue weighted by Gasteiger charge is -2.40. The molecular weight excluding hydrogens is 460 g/mol. The lowest BCUT2D eigenvalue weighted by molar-refractivity contribution is -0.155. The zero-order valence-electron chi connectivity index (χ0n) is 21.7. The maximum atomic E-state index is 13.7. The van der Waals surface area contributed by atoms with Crippen molar-refractivity contribution in [3.8, 4) is 0 Å². The summed E-state index contributed by atoms with van der Waals surface area (Å²) in [6, 6.07) is 8.88. The van der Waals surface area contributed by atoms with Crippen LogP contribution in [0.4, 0.5) is 10.5 Å². The van der Waals surface area contributed by atoms with Crippen LogP contribution in [0, 0.1) is 17.8 Å². The van der Waals surface area contributed by atoms with Crippen LogP contribution in [0.5, 0.6) is 0 Å². The Hall–Kier alpha value is -2.65. The van der Waals surface area contributed by atoms with Crippen LogP contribution in [0.1, 0.15) is 65.2 Å². The Kier molecular flexibility index (Phi) is 11.5. The number of nitrogens with one attached hydrogen (secondary N) is 2. The number of amides is 4. The summed E-state index contributed by atoms with van der Waals surface area (Å²) < 4.78 is 5.46. The second-order valence-electron chi connectivity index (χ2n) is 10.2. The van der Waals surface area contributed by atoms with Crippen LogP contribution < -0.4 is 10.8 Å². The SMILES string of the molecule is CC(C)COCCONC(=O)C[C@@H](CC1CCCC1)C(=O)N1CCCCN1C(=O)Nc1ccccc1. The van der Waals surface area contributed by atoms with Gasteiger partial charge in [-0.05, 0) is 43.2 Å². The minimum Gasteiger partial charge on any atom is -0.379 e. The number of hydrogen-bond donors (Lipinski definition) is 2. The fraction of sp³-hybridized carbons (Fsp3) is 0.667. The Morgan fingerprint density at radius 3 is 2.36 bits per heavy atom. The first kappa shape index (κ1) is 27.9. The third-order valence-corrected chi connectivity index (χ3v) is 6.64. The van der Waals surface area contributed by atoms with Gasteiger partial charge in [-0.2, -0.15) is 0 Å². The number of benzene rings is 1. The highest BCUT2D eigenvalue weighted by Crippen LogP contribution is 2.32. The molecule has 9 nitrogen and oxygen atoms in total. The van der Waals surface area contributed by atoms with Crippen LogP contribution in [-0.4, -0.2) is 60.8 Å². The molecule has 2 N–H and O–H groups in total. The van der Waals surface area contributed by atoms with Crippen LogP contribution in [0.2, 0.25) is 0 Å². The van der Waals surface area contributed by atoms with Gasteiger partial charge < -0.3 is 10.1 Å². The molecule has 36 heavy (non-hydrogen) atoms. The molecule has 0 spiro atoms. The van der Waals surface area contributed by atoms with Crippen molar-refractivity contribution >= 4 is 23.5 Å². The third-order valence-electron chi connectivity index (χ3n) is 6.64. The molecule has 9 heteroatoms. The maximum absolute atomic E-state index is 13.7. The molecule has 1 saturated carbocycles. The van der Waals surface area contributed by atoms with Crippen LogP contribution in [0.3, 0.4) is 0 Å². The second-order valence-corrected chi connectivity index (χ2v) is 10.2. The number of hydrogen-bond acceptors (Lipinski definition) is 5. The molecular formula is C27H42N4O5. The number of nitrogens with zero attached hydrogens (tertiary/aromatic N) is 2. The fourth-order valence-electron chi connectivity index (χ4n) is 4.86. The van der Waals surface area contributed by atoms with Gasteiger partial charge in [0.2, 0.25) is 11.8 Å². The zero-order valence-corrected chi connectivity index (χ0v) is 21.7. The smallest absolute Gasteiger partial charge is 0.340 e.